The van der Waals surface area contributed by atoms with E-state index in [9.17, 15) is 15.3 Å². The van der Waals surface area contributed by atoms with Crippen molar-refractivity contribution in [2.45, 2.75) is 0 Å². The Kier molecular flexibility index (Phi) is 4.78. The van der Waals surface area contributed by atoms with Gasteiger partial charge in [-0.3, -0.25) is 0 Å². The number of rotatable bonds is 3. The Morgan fingerprint density at radius 2 is 1.92 bits per heavy atom. The summed E-state index contributed by atoms with van der Waals surface area (Å²) in [7, 11) is 1.24. The van der Waals surface area contributed by atoms with Crippen molar-refractivity contribution in [3.63, 3.8) is 0 Å². The van der Waals surface area contributed by atoms with Crippen LogP contribution in [-0.4, -0.2) is 43.9 Å². The number of methoxy groups -OCH3 is 1. The molecule has 1 aromatic heterocycles. The van der Waals surface area contributed by atoms with Crippen LogP contribution in [0.5, 0.6) is 0 Å². The molecule has 1 aliphatic rings. The van der Waals surface area contributed by atoms with Gasteiger partial charge < -0.3 is 24.7 Å². The molecule has 8 heteroatoms. The smallest absolute Gasteiger partial charge is 0.357 e. The fourth-order valence-corrected chi connectivity index (χ4v) is 2.96. The van der Waals surface area contributed by atoms with Crippen LogP contribution in [0.2, 0.25) is 0 Å². The van der Waals surface area contributed by atoms with Gasteiger partial charge in [0.25, 0.3) is 0 Å². The monoisotopic (exact) mass is 351 g/mol. The van der Waals surface area contributed by atoms with Crippen molar-refractivity contribution in [3.05, 3.63) is 41.2 Å². The zero-order valence-electron chi connectivity index (χ0n) is 14.2. The molecule has 0 spiro atoms. The summed E-state index contributed by atoms with van der Waals surface area (Å²) in [5.41, 5.74) is 8.01. The zero-order valence-corrected chi connectivity index (χ0v) is 14.2. The fraction of sp³-hybridized carbons (Fsp3) is 0.278. The second-order valence-electron chi connectivity index (χ2n) is 5.69. The first-order valence-electron chi connectivity index (χ1n) is 7.97. The minimum atomic E-state index is -0.653. The first-order chi connectivity index (χ1) is 12.6. The maximum absolute atomic E-state index is 12.1. The van der Waals surface area contributed by atoms with Gasteiger partial charge in [-0.15, -0.1) is 0 Å². The number of carbonyl (C=O) groups excluding carboxylic acids is 1. The van der Waals surface area contributed by atoms with Crippen LogP contribution in [0.1, 0.15) is 21.6 Å². The number of nitrogen functional groups attached to an aromatic ring is 1. The number of hydrogen-bond acceptors (Lipinski definition) is 7. The molecule has 2 heterocycles. The molecule has 1 saturated heterocycles. The molecule has 0 atom stereocenters. The molecule has 132 valence electrons. The molecule has 2 N–H and O–H groups in total. The molecule has 0 bridgehead atoms. The van der Waals surface area contributed by atoms with Gasteiger partial charge in [-0.05, 0) is 18.2 Å². The number of aromatic nitrogens is 1. The molecule has 8 nitrogen and oxygen atoms in total. The number of carbonyl (C=O) groups is 1. The molecule has 3 rings (SSSR count). The van der Waals surface area contributed by atoms with E-state index in [1.54, 1.807) is 12.1 Å². The number of nitrogens with two attached hydrogens (primary N) is 1. The number of ether oxygens (including phenoxy) is 2. The summed E-state index contributed by atoms with van der Waals surface area (Å²) in [6, 6.07) is 9.41. The highest BCUT2D eigenvalue weighted by Gasteiger charge is 2.23. The number of nitrogens with zero attached hydrogens (tertiary/aromatic N) is 4. The van der Waals surface area contributed by atoms with E-state index in [1.165, 1.54) is 17.9 Å². The number of nitriles is 2. The predicted molar refractivity (Wildman–Crippen MR) is 94.0 cm³/mol. The van der Waals surface area contributed by atoms with E-state index >= 15 is 0 Å². The van der Waals surface area contributed by atoms with E-state index in [-0.39, 0.29) is 16.9 Å². The van der Waals surface area contributed by atoms with Gasteiger partial charge in [0.05, 0.1) is 42.8 Å². The van der Waals surface area contributed by atoms with Crippen LogP contribution in [0.4, 0.5) is 11.4 Å². The highest BCUT2D eigenvalue weighted by molar-refractivity contribution is 5.96. The largest absolute Gasteiger partial charge is 0.464 e. The molecule has 0 aliphatic carbocycles. The standard InChI is InChI=1S/C18H17N5O3/c1-25-18(24)17-16(21)13(10-20)11-23(17)14-2-3-15(12(8-14)9-19)22-4-6-26-7-5-22/h2-3,8,11H,4-7,21H2,1H3. The summed E-state index contributed by atoms with van der Waals surface area (Å²) in [5, 5.41) is 18.8. The molecule has 0 amide bonds. The van der Waals surface area contributed by atoms with Crippen molar-refractivity contribution >= 4 is 17.3 Å². The van der Waals surface area contributed by atoms with E-state index < -0.39 is 5.97 Å². The van der Waals surface area contributed by atoms with Gasteiger partial charge in [-0.2, -0.15) is 10.5 Å². The van der Waals surface area contributed by atoms with Crippen LogP contribution in [0.3, 0.4) is 0 Å². The van der Waals surface area contributed by atoms with Crippen molar-refractivity contribution in [1.29, 1.82) is 10.5 Å². The third-order valence-electron chi connectivity index (χ3n) is 4.27. The quantitative estimate of drug-likeness (QED) is 0.831. The van der Waals surface area contributed by atoms with Gasteiger partial charge >= 0.3 is 5.97 Å². The third-order valence-corrected chi connectivity index (χ3v) is 4.27. The zero-order chi connectivity index (χ0) is 18.7. The van der Waals surface area contributed by atoms with E-state index in [4.69, 9.17) is 15.2 Å². The van der Waals surface area contributed by atoms with E-state index in [0.717, 1.165) is 5.69 Å². The average Bonchev–Trinajstić information content (AvgIpc) is 3.03. The molecular formula is C18H17N5O3. The van der Waals surface area contributed by atoms with E-state index in [2.05, 4.69) is 11.0 Å². The molecule has 0 radical (unpaired) electrons. The molecule has 1 aromatic carbocycles. The minimum Gasteiger partial charge on any atom is -0.464 e. The number of anilines is 2. The molecule has 0 unspecified atom stereocenters. The normalized spacial score (nSPS) is 13.7. The Morgan fingerprint density at radius 3 is 2.54 bits per heavy atom. The Hall–Kier alpha value is -3.49. The van der Waals surface area contributed by atoms with Gasteiger partial charge in [-0.25, -0.2) is 4.79 Å². The molecular weight excluding hydrogens is 334 g/mol. The Morgan fingerprint density at radius 1 is 1.23 bits per heavy atom. The highest BCUT2D eigenvalue weighted by atomic mass is 16.5. The van der Waals surface area contributed by atoms with Crippen molar-refractivity contribution in [2.24, 2.45) is 0 Å². The SMILES string of the molecule is COC(=O)c1c(N)c(C#N)cn1-c1ccc(N2CCOCC2)c(C#N)c1. The van der Waals surface area contributed by atoms with Gasteiger partial charge in [0, 0.05) is 25.0 Å². The number of hydrogen-bond donors (Lipinski definition) is 1. The topological polar surface area (TPSA) is 117 Å². The number of morpholine rings is 1. The Labute approximate surface area is 150 Å². The van der Waals surface area contributed by atoms with E-state index in [1.807, 2.05) is 12.1 Å². The molecule has 1 fully saturated rings. The lowest BCUT2D eigenvalue weighted by Crippen LogP contribution is -2.36. The summed E-state index contributed by atoms with van der Waals surface area (Å²) in [6.45, 7) is 2.63. The lowest BCUT2D eigenvalue weighted by molar-refractivity contribution is 0.0593. The third kappa shape index (κ3) is 2.94. The maximum Gasteiger partial charge on any atom is 0.357 e. The molecule has 2 aromatic rings. The van der Waals surface area contributed by atoms with Crippen molar-refractivity contribution in [1.82, 2.24) is 4.57 Å². The van der Waals surface area contributed by atoms with Crippen molar-refractivity contribution in [2.75, 3.05) is 44.0 Å². The average molecular weight is 351 g/mol. The van der Waals surface area contributed by atoms with Gasteiger partial charge in [0.15, 0.2) is 5.69 Å². The number of esters is 1. The summed E-state index contributed by atoms with van der Waals surface area (Å²) >= 11 is 0. The second-order valence-corrected chi connectivity index (χ2v) is 5.69. The van der Waals surface area contributed by atoms with Crippen LogP contribution < -0.4 is 10.6 Å². The van der Waals surface area contributed by atoms with Crippen LogP contribution >= 0.6 is 0 Å². The Balaban J connectivity index is 2.10. The maximum atomic E-state index is 12.1. The first kappa shape index (κ1) is 17.3. The highest BCUT2D eigenvalue weighted by Crippen LogP contribution is 2.28. The van der Waals surface area contributed by atoms with Gasteiger partial charge in [0.1, 0.15) is 12.1 Å². The summed E-state index contributed by atoms with van der Waals surface area (Å²) in [5.74, 6) is -0.653. The van der Waals surface area contributed by atoms with E-state index in [0.29, 0.717) is 37.6 Å². The lowest BCUT2D eigenvalue weighted by Gasteiger charge is -2.29. The predicted octanol–water partition coefficient (Wildman–Crippen LogP) is 1.43. The Bertz CT molecular complexity index is 930. The lowest BCUT2D eigenvalue weighted by atomic mass is 10.1. The molecule has 0 saturated carbocycles. The number of benzene rings is 1. The minimum absolute atomic E-state index is 0.0510. The van der Waals surface area contributed by atoms with Crippen LogP contribution in [-0.2, 0) is 9.47 Å². The van der Waals surface area contributed by atoms with Gasteiger partial charge in [0.2, 0.25) is 0 Å². The van der Waals surface area contributed by atoms with Crippen molar-refractivity contribution in [3.8, 4) is 17.8 Å². The fourth-order valence-electron chi connectivity index (χ4n) is 2.96. The van der Waals surface area contributed by atoms with Crippen molar-refractivity contribution < 1.29 is 14.3 Å². The molecule has 26 heavy (non-hydrogen) atoms. The first-order valence-corrected chi connectivity index (χ1v) is 7.97. The second kappa shape index (κ2) is 7.18. The summed E-state index contributed by atoms with van der Waals surface area (Å²) in [6.07, 6.45) is 1.46. The van der Waals surface area contributed by atoms with Crippen LogP contribution in [0.15, 0.2) is 24.4 Å². The van der Waals surface area contributed by atoms with Crippen LogP contribution in [0.25, 0.3) is 5.69 Å². The van der Waals surface area contributed by atoms with Crippen LogP contribution in [0, 0.1) is 22.7 Å². The summed E-state index contributed by atoms with van der Waals surface area (Å²) in [4.78, 5) is 14.2. The molecule has 1 aliphatic heterocycles. The summed E-state index contributed by atoms with van der Waals surface area (Å²) < 4.78 is 11.6. The van der Waals surface area contributed by atoms with Gasteiger partial charge in [-0.1, -0.05) is 0 Å².